The molecule has 0 aromatic carbocycles. The van der Waals surface area contributed by atoms with Crippen LogP contribution in [-0.4, -0.2) is 20.1 Å². The summed E-state index contributed by atoms with van der Waals surface area (Å²) in [6, 6.07) is 0. The topological polar surface area (TPSA) is 26.3 Å². The van der Waals surface area contributed by atoms with Gasteiger partial charge in [-0.3, -0.25) is 4.79 Å². The number of carbonyl (C=O) groups is 1. The first kappa shape index (κ1) is 21.5. The van der Waals surface area contributed by atoms with E-state index < -0.39 is 8.07 Å². The Balaban J connectivity index is 2.99. The summed E-state index contributed by atoms with van der Waals surface area (Å²) in [5.41, 5.74) is 1.28. The summed E-state index contributed by atoms with van der Waals surface area (Å²) in [7, 11) is -1.71. The summed E-state index contributed by atoms with van der Waals surface area (Å²) in [6.07, 6.45) is 6.60. The maximum atomic E-state index is 13.3. The molecular weight excluding hydrogens is 312 g/mol. The van der Waals surface area contributed by atoms with Crippen molar-refractivity contribution in [2.75, 3.05) is 0 Å². The van der Waals surface area contributed by atoms with Gasteiger partial charge >= 0.3 is 5.97 Å². The Kier molecular flexibility index (Phi) is 7.34. The van der Waals surface area contributed by atoms with Crippen molar-refractivity contribution >= 4 is 14.0 Å². The zero-order chi connectivity index (χ0) is 18.7. The van der Waals surface area contributed by atoms with Gasteiger partial charge in [0, 0.05) is 0 Å². The van der Waals surface area contributed by atoms with Crippen LogP contribution in [0.4, 0.5) is 0 Å². The molecule has 0 bridgehead atoms. The first-order chi connectivity index (χ1) is 10.9. The molecule has 0 radical (unpaired) electrons. The van der Waals surface area contributed by atoms with Crippen molar-refractivity contribution in [1.82, 2.24) is 0 Å². The molecule has 0 heterocycles. The predicted octanol–water partition coefficient (Wildman–Crippen LogP) is 6.45. The summed E-state index contributed by atoms with van der Waals surface area (Å²) < 4.78 is 6.23. The molecule has 3 heteroatoms. The van der Waals surface area contributed by atoms with E-state index in [9.17, 15) is 4.79 Å². The van der Waals surface area contributed by atoms with E-state index in [-0.39, 0.29) is 17.1 Å². The molecule has 0 N–H and O–H groups in total. The van der Waals surface area contributed by atoms with E-state index in [1.54, 1.807) is 0 Å². The molecule has 0 aromatic rings. The minimum absolute atomic E-state index is 0.0453. The van der Waals surface area contributed by atoms with Gasteiger partial charge in [-0.15, -0.1) is 0 Å². The molecule has 0 aliphatic heterocycles. The van der Waals surface area contributed by atoms with Crippen LogP contribution in [0.1, 0.15) is 67.2 Å². The Bertz CT molecular complexity index is 457. The molecular formula is C21H40O2Si. The van der Waals surface area contributed by atoms with Gasteiger partial charge in [0.2, 0.25) is 0 Å². The Hall–Kier alpha value is -0.573. The molecule has 2 nitrogen and oxygen atoms in total. The smallest absolute Gasteiger partial charge is 0.309 e. The molecule has 0 unspecified atom stereocenters. The van der Waals surface area contributed by atoms with E-state index >= 15 is 0 Å². The number of esters is 1. The van der Waals surface area contributed by atoms with Crippen molar-refractivity contribution in [3.05, 3.63) is 11.6 Å². The van der Waals surface area contributed by atoms with Gasteiger partial charge in [-0.1, -0.05) is 65.4 Å². The van der Waals surface area contributed by atoms with Crippen LogP contribution in [0.5, 0.6) is 0 Å². The lowest BCUT2D eigenvalue weighted by molar-refractivity contribution is -0.159. The van der Waals surface area contributed by atoms with E-state index in [2.05, 4.69) is 67.3 Å². The molecule has 0 saturated heterocycles. The standard InChI is InChI=1S/C21H40O2Si/c1-15(2)12-13-21(6,24(7,8)9)20(22)23-19-14-17(5)10-11-18(19)16(3)4/h12,16-19H,10-11,13-14H2,1-9H3/t17-,18+,19-,21+/m1/s1. The molecule has 1 aliphatic rings. The third-order valence-electron chi connectivity index (χ3n) is 6.24. The Morgan fingerprint density at radius 2 is 1.83 bits per heavy atom. The van der Waals surface area contributed by atoms with Crippen molar-refractivity contribution in [1.29, 1.82) is 0 Å². The molecule has 1 rings (SSSR count). The first-order valence-electron chi connectivity index (χ1n) is 9.73. The second-order valence-electron chi connectivity index (χ2n) is 9.84. The summed E-state index contributed by atoms with van der Waals surface area (Å²) in [4.78, 5) is 13.3. The van der Waals surface area contributed by atoms with Crippen LogP contribution < -0.4 is 0 Å². The maximum Gasteiger partial charge on any atom is 0.309 e. The number of ether oxygens (including phenoxy) is 1. The van der Waals surface area contributed by atoms with Crippen LogP contribution >= 0.6 is 0 Å². The SMILES string of the molecule is CC(C)=CC[C@@](C)(C(=O)O[C@@H]1C[C@H](C)CC[C@H]1C(C)C)[Si](C)(C)C. The number of rotatable bonds is 6. The number of allylic oxidation sites excluding steroid dienone is 2. The highest BCUT2D eigenvalue weighted by Crippen LogP contribution is 2.45. The minimum Gasteiger partial charge on any atom is -0.462 e. The summed E-state index contributed by atoms with van der Waals surface area (Å²) in [6.45, 7) is 20.0. The summed E-state index contributed by atoms with van der Waals surface area (Å²) in [5.74, 6) is 1.79. The van der Waals surface area contributed by atoms with Gasteiger partial charge in [-0.2, -0.15) is 0 Å². The molecule has 1 fully saturated rings. The lowest BCUT2D eigenvalue weighted by atomic mass is 9.75. The molecule has 0 aromatic heterocycles. The highest BCUT2D eigenvalue weighted by atomic mass is 28.3. The lowest BCUT2D eigenvalue weighted by Crippen LogP contribution is -2.46. The number of carbonyl (C=O) groups excluding carboxylic acids is 1. The van der Waals surface area contributed by atoms with Crippen LogP contribution in [-0.2, 0) is 9.53 Å². The Labute approximate surface area is 151 Å². The lowest BCUT2D eigenvalue weighted by Gasteiger charge is -2.42. The molecule has 4 atom stereocenters. The molecule has 24 heavy (non-hydrogen) atoms. The average molecular weight is 353 g/mol. The second-order valence-corrected chi connectivity index (χ2v) is 15.4. The number of hydrogen-bond donors (Lipinski definition) is 0. The highest BCUT2D eigenvalue weighted by Gasteiger charge is 2.47. The van der Waals surface area contributed by atoms with Crippen molar-refractivity contribution in [3.8, 4) is 0 Å². The largest absolute Gasteiger partial charge is 0.462 e. The fraction of sp³-hybridized carbons (Fsp3) is 0.857. The zero-order valence-electron chi connectivity index (χ0n) is 17.5. The zero-order valence-corrected chi connectivity index (χ0v) is 18.5. The third-order valence-corrected chi connectivity index (χ3v) is 9.96. The van der Waals surface area contributed by atoms with E-state index in [4.69, 9.17) is 4.74 Å². The monoisotopic (exact) mass is 352 g/mol. The normalized spacial score (nSPS) is 27.5. The first-order valence-corrected chi connectivity index (χ1v) is 13.2. The van der Waals surface area contributed by atoms with Gasteiger partial charge in [0.1, 0.15) is 6.10 Å². The fourth-order valence-corrected chi connectivity index (χ4v) is 5.01. The maximum absolute atomic E-state index is 13.3. The predicted molar refractivity (Wildman–Crippen MR) is 107 cm³/mol. The van der Waals surface area contributed by atoms with Gasteiger partial charge in [-0.25, -0.2) is 0 Å². The highest BCUT2D eigenvalue weighted by molar-refractivity contribution is 6.82. The van der Waals surface area contributed by atoms with Crippen LogP contribution in [0.3, 0.4) is 0 Å². The molecule has 140 valence electrons. The van der Waals surface area contributed by atoms with Gasteiger partial charge < -0.3 is 4.74 Å². The molecule has 0 amide bonds. The Morgan fingerprint density at radius 1 is 1.25 bits per heavy atom. The van der Waals surface area contributed by atoms with Crippen molar-refractivity contribution in [2.45, 2.75) is 98.0 Å². The van der Waals surface area contributed by atoms with Crippen molar-refractivity contribution in [2.24, 2.45) is 17.8 Å². The van der Waals surface area contributed by atoms with E-state index in [0.29, 0.717) is 17.8 Å². The fourth-order valence-electron chi connectivity index (χ4n) is 3.62. The van der Waals surface area contributed by atoms with E-state index in [1.807, 2.05) is 0 Å². The van der Waals surface area contributed by atoms with Gasteiger partial charge in [0.15, 0.2) is 0 Å². The summed E-state index contributed by atoms with van der Waals surface area (Å²) >= 11 is 0. The molecule has 1 saturated carbocycles. The summed E-state index contributed by atoms with van der Waals surface area (Å²) in [5, 5.41) is -0.355. The molecule has 0 spiro atoms. The van der Waals surface area contributed by atoms with Crippen LogP contribution in [0, 0.1) is 17.8 Å². The van der Waals surface area contributed by atoms with Crippen LogP contribution in [0.25, 0.3) is 0 Å². The van der Waals surface area contributed by atoms with Gasteiger partial charge in [0.25, 0.3) is 0 Å². The quantitative estimate of drug-likeness (QED) is 0.312. The van der Waals surface area contributed by atoms with Gasteiger partial charge in [-0.05, 0) is 50.9 Å². The third kappa shape index (κ3) is 5.21. The average Bonchev–Trinajstić information content (AvgIpc) is 2.42. The van der Waals surface area contributed by atoms with Crippen molar-refractivity contribution in [3.63, 3.8) is 0 Å². The van der Waals surface area contributed by atoms with E-state index in [0.717, 1.165) is 12.8 Å². The van der Waals surface area contributed by atoms with E-state index in [1.165, 1.54) is 18.4 Å². The second kappa shape index (κ2) is 8.20. The number of hydrogen-bond acceptors (Lipinski definition) is 2. The van der Waals surface area contributed by atoms with Crippen molar-refractivity contribution < 1.29 is 9.53 Å². The molecule has 1 aliphatic carbocycles. The van der Waals surface area contributed by atoms with Crippen LogP contribution in [0.15, 0.2) is 11.6 Å². The van der Waals surface area contributed by atoms with Gasteiger partial charge in [0.05, 0.1) is 13.1 Å². The Morgan fingerprint density at radius 3 is 2.29 bits per heavy atom. The van der Waals surface area contributed by atoms with Crippen LogP contribution in [0.2, 0.25) is 24.7 Å². The minimum atomic E-state index is -1.71.